The zero-order chi connectivity index (χ0) is 11.2. The third-order valence-electron chi connectivity index (χ3n) is 2.28. The summed E-state index contributed by atoms with van der Waals surface area (Å²) in [6.07, 6.45) is 3.07. The summed E-state index contributed by atoms with van der Waals surface area (Å²) in [4.78, 5) is 4.03. The number of rotatable bonds is 5. The second kappa shape index (κ2) is 5.32. The minimum absolute atomic E-state index is 0.711. The zero-order valence-corrected chi connectivity index (χ0v) is 9.14. The molecule has 0 saturated carbocycles. The van der Waals surface area contributed by atoms with Crippen LogP contribution < -0.4 is 10.1 Å². The van der Waals surface area contributed by atoms with E-state index in [1.54, 1.807) is 13.4 Å². The van der Waals surface area contributed by atoms with Crippen LogP contribution in [0.15, 0.2) is 41.3 Å². The average molecular weight is 218 g/mol. The van der Waals surface area contributed by atoms with Gasteiger partial charge in [-0.05, 0) is 17.7 Å². The summed E-state index contributed by atoms with van der Waals surface area (Å²) in [6.45, 7) is 1.51. The molecule has 0 bridgehead atoms. The van der Waals surface area contributed by atoms with E-state index in [0.717, 1.165) is 18.0 Å². The Balaban J connectivity index is 1.81. The summed E-state index contributed by atoms with van der Waals surface area (Å²) < 4.78 is 9.97. The predicted octanol–water partition coefficient (Wildman–Crippen LogP) is 1.97. The van der Waals surface area contributed by atoms with E-state index >= 15 is 0 Å². The Kier molecular flexibility index (Phi) is 3.56. The number of nitrogens with one attached hydrogen (secondary N) is 1. The maximum Gasteiger partial charge on any atom is 0.180 e. The van der Waals surface area contributed by atoms with Crippen molar-refractivity contribution in [2.24, 2.45) is 0 Å². The molecular formula is C12H14N2O2. The number of aromatic nitrogens is 1. The van der Waals surface area contributed by atoms with Crippen LogP contribution in [-0.2, 0) is 13.1 Å². The fraction of sp³-hybridized carbons (Fsp3) is 0.250. The molecule has 0 radical (unpaired) electrons. The summed E-state index contributed by atoms with van der Waals surface area (Å²) in [5.41, 5.74) is 2.12. The standard InChI is InChI=1S/C12H14N2O2/c1-15-12-4-2-10(3-5-12)6-13-7-11-8-16-9-14-11/h2-5,8-9,13H,6-7H2,1H3. The first kappa shape index (κ1) is 10.7. The highest BCUT2D eigenvalue weighted by molar-refractivity contribution is 5.26. The van der Waals surface area contributed by atoms with Crippen LogP contribution >= 0.6 is 0 Å². The lowest BCUT2D eigenvalue weighted by Crippen LogP contribution is -2.12. The van der Waals surface area contributed by atoms with Crippen molar-refractivity contribution in [2.75, 3.05) is 7.11 Å². The van der Waals surface area contributed by atoms with Gasteiger partial charge >= 0.3 is 0 Å². The molecule has 1 aromatic carbocycles. The molecule has 0 aliphatic carbocycles. The van der Waals surface area contributed by atoms with E-state index in [4.69, 9.17) is 9.15 Å². The lowest BCUT2D eigenvalue weighted by atomic mass is 10.2. The fourth-order valence-corrected chi connectivity index (χ4v) is 1.40. The maximum atomic E-state index is 5.09. The second-order valence-electron chi connectivity index (χ2n) is 3.43. The van der Waals surface area contributed by atoms with Crippen LogP contribution in [0.5, 0.6) is 5.75 Å². The SMILES string of the molecule is COc1ccc(CNCc2cocn2)cc1. The van der Waals surface area contributed by atoms with Gasteiger partial charge in [0.1, 0.15) is 12.0 Å². The highest BCUT2D eigenvalue weighted by atomic mass is 16.5. The largest absolute Gasteiger partial charge is 0.497 e. The van der Waals surface area contributed by atoms with Gasteiger partial charge in [-0.3, -0.25) is 0 Å². The van der Waals surface area contributed by atoms with Crippen LogP contribution in [0, 0.1) is 0 Å². The summed E-state index contributed by atoms with van der Waals surface area (Å²) in [7, 11) is 1.66. The predicted molar refractivity (Wildman–Crippen MR) is 60.0 cm³/mol. The number of nitrogens with zero attached hydrogens (tertiary/aromatic N) is 1. The van der Waals surface area contributed by atoms with Gasteiger partial charge in [-0.2, -0.15) is 0 Å². The summed E-state index contributed by atoms with van der Waals surface area (Å²) >= 11 is 0. The third-order valence-corrected chi connectivity index (χ3v) is 2.28. The van der Waals surface area contributed by atoms with E-state index in [-0.39, 0.29) is 0 Å². The molecule has 84 valence electrons. The minimum Gasteiger partial charge on any atom is -0.497 e. The summed E-state index contributed by atoms with van der Waals surface area (Å²) in [6, 6.07) is 7.98. The Morgan fingerprint density at radius 2 is 2.06 bits per heavy atom. The molecule has 0 fully saturated rings. The van der Waals surface area contributed by atoms with Crippen LogP contribution in [-0.4, -0.2) is 12.1 Å². The molecule has 4 heteroatoms. The number of methoxy groups -OCH3 is 1. The number of hydrogen-bond acceptors (Lipinski definition) is 4. The van der Waals surface area contributed by atoms with Gasteiger partial charge in [-0.15, -0.1) is 0 Å². The van der Waals surface area contributed by atoms with E-state index < -0.39 is 0 Å². The van der Waals surface area contributed by atoms with E-state index in [9.17, 15) is 0 Å². The normalized spacial score (nSPS) is 10.3. The zero-order valence-electron chi connectivity index (χ0n) is 9.14. The molecule has 1 N–H and O–H groups in total. The Morgan fingerprint density at radius 3 is 2.69 bits per heavy atom. The van der Waals surface area contributed by atoms with Crippen molar-refractivity contribution >= 4 is 0 Å². The van der Waals surface area contributed by atoms with Crippen LogP contribution in [0.2, 0.25) is 0 Å². The smallest absolute Gasteiger partial charge is 0.180 e. The average Bonchev–Trinajstić information content (AvgIpc) is 2.83. The van der Waals surface area contributed by atoms with Crippen LogP contribution in [0.3, 0.4) is 0 Å². The molecule has 0 spiro atoms. The van der Waals surface area contributed by atoms with Gasteiger partial charge in [-0.1, -0.05) is 12.1 Å². The highest BCUT2D eigenvalue weighted by Gasteiger charge is 1.97. The number of oxazole rings is 1. The highest BCUT2D eigenvalue weighted by Crippen LogP contribution is 2.10. The molecular weight excluding hydrogens is 204 g/mol. The van der Waals surface area contributed by atoms with Gasteiger partial charge in [0.2, 0.25) is 0 Å². The molecule has 0 saturated heterocycles. The third kappa shape index (κ3) is 2.84. The Hall–Kier alpha value is -1.81. The summed E-state index contributed by atoms with van der Waals surface area (Å²) in [5, 5.41) is 3.28. The molecule has 0 aliphatic rings. The van der Waals surface area contributed by atoms with Crippen molar-refractivity contribution < 1.29 is 9.15 Å². The van der Waals surface area contributed by atoms with E-state index in [2.05, 4.69) is 10.3 Å². The van der Waals surface area contributed by atoms with Gasteiger partial charge in [0.15, 0.2) is 6.39 Å². The van der Waals surface area contributed by atoms with E-state index in [0.29, 0.717) is 6.54 Å². The van der Waals surface area contributed by atoms with Crippen molar-refractivity contribution in [3.63, 3.8) is 0 Å². The fourth-order valence-electron chi connectivity index (χ4n) is 1.40. The second-order valence-corrected chi connectivity index (χ2v) is 3.43. The van der Waals surface area contributed by atoms with Crippen molar-refractivity contribution in [3.8, 4) is 5.75 Å². The van der Waals surface area contributed by atoms with Gasteiger partial charge in [0.05, 0.1) is 12.8 Å². The van der Waals surface area contributed by atoms with Crippen molar-refractivity contribution in [2.45, 2.75) is 13.1 Å². The molecule has 0 amide bonds. The van der Waals surface area contributed by atoms with Crippen molar-refractivity contribution in [1.29, 1.82) is 0 Å². The Bertz CT molecular complexity index is 409. The lowest BCUT2D eigenvalue weighted by molar-refractivity contribution is 0.414. The first-order valence-corrected chi connectivity index (χ1v) is 5.09. The summed E-state index contributed by atoms with van der Waals surface area (Å²) in [5.74, 6) is 0.875. The van der Waals surface area contributed by atoms with Gasteiger partial charge in [0.25, 0.3) is 0 Å². The van der Waals surface area contributed by atoms with E-state index in [1.165, 1.54) is 12.0 Å². The molecule has 0 atom stereocenters. The molecule has 2 rings (SSSR count). The van der Waals surface area contributed by atoms with Gasteiger partial charge in [0, 0.05) is 13.1 Å². The Labute approximate surface area is 94.3 Å². The monoisotopic (exact) mass is 218 g/mol. The number of hydrogen-bond donors (Lipinski definition) is 1. The molecule has 2 aromatic rings. The molecule has 16 heavy (non-hydrogen) atoms. The minimum atomic E-state index is 0.711. The number of benzene rings is 1. The lowest BCUT2D eigenvalue weighted by Gasteiger charge is -2.04. The van der Waals surface area contributed by atoms with Crippen molar-refractivity contribution in [1.82, 2.24) is 10.3 Å². The molecule has 0 unspecified atom stereocenters. The van der Waals surface area contributed by atoms with Crippen molar-refractivity contribution in [3.05, 3.63) is 48.2 Å². The van der Waals surface area contributed by atoms with Gasteiger partial charge in [-0.25, -0.2) is 4.98 Å². The van der Waals surface area contributed by atoms with Crippen LogP contribution in [0.4, 0.5) is 0 Å². The van der Waals surface area contributed by atoms with Gasteiger partial charge < -0.3 is 14.5 Å². The van der Waals surface area contributed by atoms with Crippen LogP contribution in [0.1, 0.15) is 11.3 Å². The van der Waals surface area contributed by atoms with E-state index in [1.807, 2.05) is 24.3 Å². The quantitative estimate of drug-likeness (QED) is 0.833. The molecule has 0 aliphatic heterocycles. The maximum absolute atomic E-state index is 5.09. The topological polar surface area (TPSA) is 47.3 Å². The molecule has 1 aromatic heterocycles. The molecule has 4 nitrogen and oxygen atoms in total. The van der Waals surface area contributed by atoms with Crippen LogP contribution in [0.25, 0.3) is 0 Å². The first-order chi connectivity index (χ1) is 7.88. The first-order valence-electron chi connectivity index (χ1n) is 5.09. The molecule has 1 heterocycles. The number of ether oxygens (including phenoxy) is 1. The Morgan fingerprint density at radius 1 is 1.25 bits per heavy atom.